The highest BCUT2D eigenvalue weighted by Gasteiger charge is 2.15. The fourth-order valence-electron chi connectivity index (χ4n) is 2.16. The van der Waals surface area contributed by atoms with E-state index in [2.05, 4.69) is 11.8 Å². The summed E-state index contributed by atoms with van der Waals surface area (Å²) in [6.45, 7) is 1.90. The molecule has 0 radical (unpaired) electrons. The minimum atomic E-state index is -0.139. The lowest BCUT2D eigenvalue weighted by molar-refractivity contribution is -0.0394. The molecule has 1 aliphatic rings. The molecular formula is C16H20O4. The molecule has 2 rings (SSSR count). The van der Waals surface area contributed by atoms with Crippen molar-refractivity contribution >= 4 is 0 Å². The summed E-state index contributed by atoms with van der Waals surface area (Å²) >= 11 is 0. The van der Waals surface area contributed by atoms with Crippen LogP contribution in [0.3, 0.4) is 0 Å². The van der Waals surface area contributed by atoms with Crippen LogP contribution < -0.4 is 4.74 Å². The van der Waals surface area contributed by atoms with Gasteiger partial charge in [-0.3, -0.25) is 0 Å². The second kappa shape index (κ2) is 7.91. The van der Waals surface area contributed by atoms with Crippen LogP contribution in [0.15, 0.2) is 18.2 Å². The third-order valence-corrected chi connectivity index (χ3v) is 3.24. The molecule has 0 saturated carbocycles. The Kier molecular flexibility index (Phi) is 5.87. The van der Waals surface area contributed by atoms with Crippen LogP contribution in [0.2, 0.25) is 0 Å². The van der Waals surface area contributed by atoms with Crippen LogP contribution in [-0.2, 0) is 16.1 Å². The monoisotopic (exact) mass is 276 g/mol. The molecular weight excluding hydrogens is 256 g/mol. The summed E-state index contributed by atoms with van der Waals surface area (Å²) in [5.41, 5.74) is 1.83. The Bertz CT molecular complexity index is 481. The summed E-state index contributed by atoms with van der Waals surface area (Å²) < 4.78 is 16.6. The number of aliphatic hydroxyl groups excluding tert-OH is 1. The number of methoxy groups -OCH3 is 1. The van der Waals surface area contributed by atoms with Gasteiger partial charge in [-0.25, -0.2) is 0 Å². The van der Waals surface area contributed by atoms with Crippen molar-refractivity contribution < 1.29 is 19.3 Å². The van der Waals surface area contributed by atoms with E-state index in [1.165, 1.54) is 0 Å². The van der Waals surface area contributed by atoms with Gasteiger partial charge in [0, 0.05) is 24.3 Å². The van der Waals surface area contributed by atoms with Gasteiger partial charge in [0.2, 0.25) is 0 Å². The molecule has 0 aliphatic carbocycles. The Hall–Kier alpha value is -1.54. The maximum Gasteiger partial charge on any atom is 0.124 e. The molecule has 1 heterocycles. The Balaban J connectivity index is 2.03. The van der Waals surface area contributed by atoms with Crippen molar-refractivity contribution in [1.82, 2.24) is 0 Å². The van der Waals surface area contributed by atoms with E-state index in [1.807, 2.05) is 18.2 Å². The van der Waals surface area contributed by atoms with Crippen LogP contribution in [0, 0.1) is 11.8 Å². The molecule has 0 spiro atoms. The summed E-state index contributed by atoms with van der Waals surface area (Å²) in [6, 6.07) is 5.70. The van der Waals surface area contributed by atoms with Gasteiger partial charge < -0.3 is 19.3 Å². The highest BCUT2D eigenvalue weighted by molar-refractivity contribution is 5.44. The van der Waals surface area contributed by atoms with Crippen molar-refractivity contribution in [1.29, 1.82) is 0 Å². The molecule has 1 aromatic rings. The topological polar surface area (TPSA) is 47.9 Å². The molecule has 0 bridgehead atoms. The lowest BCUT2D eigenvalue weighted by Crippen LogP contribution is -2.23. The number of aliphatic hydroxyl groups is 1. The Morgan fingerprint density at radius 3 is 2.85 bits per heavy atom. The summed E-state index contributed by atoms with van der Waals surface area (Å²) in [5.74, 6) is 6.33. The number of hydrogen-bond donors (Lipinski definition) is 1. The molecule has 4 nitrogen and oxygen atoms in total. The summed E-state index contributed by atoms with van der Waals surface area (Å²) in [4.78, 5) is 0. The van der Waals surface area contributed by atoms with Crippen molar-refractivity contribution in [2.75, 3.05) is 26.9 Å². The molecule has 1 N–H and O–H groups in total. The van der Waals surface area contributed by atoms with E-state index >= 15 is 0 Å². The van der Waals surface area contributed by atoms with Crippen LogP contribution in [0.5, 0.6) is 5.75 Å². The lowest BCUT2D eigenvalue weighted by Gasteiger charge is -2.22. The molecule has 1 aromatic carbocycles. The smallest absolute Gasteiger partial charge is 0.124 e. The summed E-state index contributed by atoms with van der Waals surface area (Å²) in [6.07, 6.45) is 2.12. The van der Waals surface area contributed by atoms with Gasteiger partial charge in [0.1, 0.15) is 12.4 Å². The highest BCUT2D eigenvalue weighted by atomic mass is 16.5. The predicted molar refractivity (Wildman–Crippen MR) is 75.6 cm³/mol. The lowest BCUT2D eigenvalue weighted by atomic mass is 10.1. The van der Waals surface area contributed by atoms with Crippen LogP contribution >= 0.6 is 0 Å². The molecule has 0 aromatic heterocycles. The zero-order valence-electron chi connectivity index (χ0n) is 11.7. The standard InChI is InChI=1S/C16H20O4/c1-18-16-5-4-13(3-2-8-17)11-14(16)12-20-15-6-9-19-10-7-15/h4-5,11,15,17H,6-10,12H2,1H3. The minimum Gasteiger partial charge on any atom is -0.496 e. The van der Waals surface area contributed by atoms with Crippen LogP contribution in [0.25, 0.3) is 0 Å². The van der Waals surface area contributed by atoms with E-state index in [0.29, 0.717) is 6.61 Å². The van der Waals surface area contributed by atoms with Gasteiger partial charge in [0.25, 0.3) is 0 Å². The SMILES string of the molecule is COc1ccc(C#CCO)cc1COC1CCOCC1. The van der Waals surface area contributed by atoms with Gasteiger partial charge in [0.15, 0.2) is 0 Å². The predicted octanol–water partition coefficient (Wildman–Crippen LogP) is 1.73. The molecule has 1 fully saturated rings. The van der Waals surface area contributed by atoms with Crippen LogP contribution in [-0.4, -0.2) is 38.1 Å². The first-order valence-electron chi connectivity index (χ1n) is 6.79. The normalized spacial score (nSPS) is 15.5. The van der Waals surface area contributed by atoms with Gasteiger partial charge in [-0.2, -0.15) is 0 Å². The van der Waals surface area contributed by atoms with Crippen molar-refractivity contribution in [2.45, 2.75) is 25.6 Å². The fourth-order valence-corrected chi connectivity index (χ4v) is 2.16. The van der Waals surface area contributed by atoms with E-state index in [1.54, 1.807) is 7.11 Å². The van der Waals surface area contributed by atoms with Crippen molar-refractivity contribution in [3.8, 4) is 17.6 Å². The molecule has 108 valence electrons. The van der Waals surface area contributed by atoms with E-state index in [0.717, 1.165) is 42.9 Å². The Labute approximate surface area is 119 Å². The van der Waals surface area contributed by atoms with Crippen LogP contribution in [0.4, 0.5) is 0 Å². The van der Waals surface area contributed by atoms with E-state index in [9.17, 15) is 0 Å². The third kappa shape index (κ3) is 4.24. The fraction of sp³-hybridized carbons (Fsp3) is 0.500. The molecule has 4 heteroatoms. The number of ether oxygens (including phenoxy) is 3. The molecule has 0 atom stereocenters. The van der Waals surface area contributed by atoms with Gasteiger partial charge in [-0.1, -0.05) is 11.8 Å². The maximum atomic E-state index is 8.74. The first-order valence-corrected chi connectivity index (χ1v) is 6.79. The number of rotatable bonds is 4. The van der Waals surface area contributed by atoms with Gasteiger partial charge in [-0.15, -0.1) is 0 Å². The number of hydrogen-bond acceptors (Lipinski definition) is 4. The second-order valence-electron chi connectivity index (χ2n) is 4.61. The molecule has 1 saturated heterocycles. The zero-order valence-corrected chi connectivity index (χ0v) is 11.7. The minimum absolute atomic E-state index is 0.139. The average Bonchev–Trinajstić information content (AvgIpc) is 2.52. The first-order chi connectivity index (χ1) is 9.83. The second-order valence-corrected chi connectivity index (χ2v) is 4.61. The molecule has 0 unspecified atom stereocenters. The molecule has 1 aliphatic heterocycles. The summed E-state index contributed by atoms with van der Waals surface area (Å²) in [5, 5.41) is 8.74. The van der Waals surface area contributed by atoms with Crippen LogP contribution in [0.1, 0.15) is 24.0 Å². The van der Waals surface area contributed by atoms with Gasteiger partial charge >= 0.3 is 0 Å². The quantitative estimate of drug-likeness (QED) is 0.851. The Morgan fingerprint density at radius 2 is 2.15 bits per heavy atom. The highest BCUT2D eigenvalue weighted by Crippen LogP contribution is 2.22. The van der Waals surface area contributed by atoms with Crippen molar-refractivity contribution in [3.05, 3.63) is 29.3 Å². The summed E-state index contributed by atoms with van der Waals surface area (Å²) in [7, 11) is 1.65. The number of benzene rings is 1. The maximum absolute atomic E-state index is 8.74. The largest absolute Gasteiger partial charge is 0.496 e. The van der Waals surface area contributed by atoms with E-state index in [-0.39, 0.29) is 12.7 Å². The third-order valence-electron chi connectivity index (χ3n) is 3.24. The Morgan fingerprint density at radius 1 is 1.35 bits per heavy atom. The molecule has 20 heavy (non-hydrogen) atoms. The molecule has 0 amide bonds. The van der Waals surface area contributed by atoms with Gasteiger partial charge in [0.05, 0.1) is 19.8 Å². The van der Waals surface area contributed by atoms with Crippen molar-refractivity contribution in [3.63, 3.8) is 0 Å². The van der Waals surface area contributed by atoms with Gasteiger partial charge in [-0.05, 0) is 31.0 Å². The zero-order chi connectivity index (χ0) is 14.2. The average molecular weight is 276 g/mol. The first kappa shape index (κ1) is 14.9. The van der Waals surface area contributed by atoms with E-state index < -0.39 is 0 Å². The van der Waals surface area contributed by atoms with Crippen molar-refractivity contribution in [2.24, 2.45) is 0 Å². The van der Waals surface area contributed by atoms with E-state index in [4.69, 9.17) is 19.3 Å².